The van der Waals surface area contributed by atoms with Crippen LogP contribution < -0.4 is 0 Å². The molecule has 1 aromatic rings. The number of Topliss-reactive ketones (excluding diaryl/α,β-unsaturated/α-hetero) is 1. The summed E-state index contributed by atoms with van der Waals surface area (Å²) >= 11 is 6.80. The molecular weight excluding hydrogens is 428 g/mol. The van der Waals surface area contributed by atoms with Crippen molar-refractivity contribution in [3.05, 3.63) is 52.2 Å². The summed E-state index contributed by atoms with van der Waals surface area (Å²) in [6, 6.07) is 6.24. The van der Waals surface area contributed by atoms with E-state index in [2.05, 4.69) is 56.7 Å². The third-order valence-electron chi connectivity index (χ3n) is 6.90. The largest absolute Gasteiger partial charge is 0.299 e. The molecule has 0 amide bonds. The van der Waals surface area contributed by atoms with Crippen molar-refractivity contribution < 1.29 is 4.79 Å². The molecule has 4 heteroatoms. The molecular formula is C29H41ClN2O. The SMILES string of the molecule is C/C=C(/C)N=C(N=C/C(=C\C)c1ccc(C2CC2(CCC)C(=O)C(C)CC)c(Cl)c1)C(C)C. The minimum atomic E-state index is -0.229. The first-order valence-corrected chi connectivity index (χ1v) is 12.8. The third-order valence-corrected chi connectivity index (χ3v) is 7.23. The molecule has 0 saturated heterocycles. The van der Waals surface area contributed by atoms with Gasteiger partial charge in [-0.2, -0.15) is 0 Å². The summed E-state index contributed by atoms with van der Waals surface area (Å²) in [5, 5.41) is 0.739. The van der Waals surface area contributed by atoms with E-state index in [9.17, 15) is 4.79 Å². The molecule has 1 saturated carbocycles. The zero-order chi connectivity index (χ0) is 24.8. The summed E-state index contributed by atoms with van der Waals surface area (Å²) in [7, 11) is 0. The Hall–Kier alpha value is -2.00. The Morgan fingerprint density at radius 1 is 1.21 bits per heavy atom. The molecule has 3 atom stereocenters. The number of nitrogens with zero attached hydrogens (tertiary/aromatic N) is 2. The van der Waals surface area contributed by atoms with E-state index in [1.807, 2.05) is 45.2 Å². The fourth-order valence-corrected chi connectivity index (χ4v) is 4.81. The minimum absolute atomic E-state index is 0.105. The topological polar surface area (TPSA) is 41.8 Å². The first-order chi connectivity index (χ1) is 15.6. The number of aliphatic imine (C=N–C) groups is 2. The van der Waals surface area contributed by atoms with Gasteiger partial charge < -0.3 is 0 Å². The normalized spacial score (nSPS) is 22.8. The van der Waals surface area contributed by atoms with Crippen molar-refractivity contribution in [2.45, 2.75) is 87.0 Å². The van der Waals surface area contributed by atoms with Gasteiger partial charge in [0.1, 0.15) is 11.6 Å². The second-order valence-electron chi connectivity index (χ2n) is 9.63. The highest BCUT2D eigenvalue weighted by Gasteiger charge is 2.59. The molecule has 0 spiro atoms. The van der Waals surface area contributed by atoms with Crippen LogP contribution in [0.25, 0.3) is 5.57 Å². The van der Waals surface area contributed by atoms with E-state index >= 15 is 0 Å². The molecule has 0 aliphatic heterocycles. The van der Waals surface area contributed by atoms with E-state index in [4.69, 9.17) is 11.6 Å². The fourth-order valence-electron chi connectivity index (χ4n) is 4.50. The van der Waals surface area contributed by atoms with E-state index in [0.717, 1.165) is 58.9 Å². The first kappa shape index (κ1) is 27.2. The number of rotatable bonds is 10. The van der Waals surface area contributed by atoms with Crippen molar-refractivity contribution in [2.24, 2.45) is 27.2 Å². The molecule has 1 aliphatic rings. The van der Waals surface area contributed by atoms with Crippen molar-refractivity contribution in [2.75, 3.05) is 0 Å². The molecule has 0 N–H and O–H groups in total. The van der Waals surface area contributed by atoms with Gasteiger partial charge in [0.25, 0.3) is 0 Å². The number of carbonyl (C=O) groups is 1. The molecule has 0 bridgehead atoms. The van der Waals surface area contributed by atoms with Gasteiger partial charge >= 0.3 is 0 Å². The van der Waals surface area contributed by atoms with Crippen LogP contribution in [-0.2, 0) is 4.79 Å². The van der Waals surface area contributed by atoms with Crippen LogP contribution in [0.15, 0.2) is 46.0 Å². The molecule has 1 aromatic carbocycles. The standard InChI is InChI=1S/C29H41ClN2O/c1-9-15-29(27(33)20(7)10-2)17-25(29)24-14-13-23(16-26(24)30)22(12-4)18-31-28(19(5)6)32-21(8)11-3/h11-14,16,18-20,25H,9-10,15,17H2,1-8H3/b21-11-,22-12+,31-18?,32-28?. The minimum Gasteiger partial charge on any atom is -0.299 e. The lowest BCUT2D eigenvalue weighted by atomic mass is 9.83. The maximum absolute atomic E-state index is 13.2. The number of amidine groups is 1. The zero-order valence-corrected chi connectivity index (χ0v) is 22.5. The van der Waals surface area contributed by atoms with Gasteiger partial charge in [-0.05, 0) is 68.7 Å². The molecule has 2 rings (SSSR count). The van der Waals surface area contributed by atoms with E-state index in [0.29, 0.717) is 5.78 Å². The number of carbonyl (C=O) groups excluding carboxylic acids is 1. The number of benzene rings is 1. The van der Waals surface area contributed by atoms with Crippen LogP contribution in [0.5, 0.6) is 0 Å². The van der Waals surface area contributed by atoms with E-state index < -0.39 is 0 Å². The van der Waals surface area contributed by atoms with Crippen LogP contribution in [0.3, 0.4) is 0 Å². The number of hydrogen-bond donors (Lipinski definition) is 0. The Bertz CT molecular complexity index is 970. The summed E-state index contributed by atoms with van der Waals surface area (Å²) in [6.45, 7) is 16.5. The molecule has 0 radical (unpaired) electrons. The highest BCUT2D eigenvalue weighted by Crippen LogP contribution is 2.64. The second-order valence-corrected chi connectivity index (χ2v) is 10.0. The Morgan fingerprint density at radius 2 is 1.91 bits per heavy atom. The summed E-state index contributed by atoms with van der Waals surface area (Å²) in [6.07, 6.45) is 9.66. The Balaban J connectivity index is 2.31. The van der Waals surface area contributed by atoms with Crippen LogP contribution in [-0.4, -0.2) is 17.8 Å². The lowest BCUT2D eigenvalue weighted by Crippen LogP contribution is -2.24. The molecule has 0 aromatic heterocycles. The maximum atomic E-state index is 13.2. The van der Waals surface area contributed by atoms with Crippen LogP contribution in [0.1, 0.15) is 98.1 Å². The smallest absolute Gasteiger partial charge is 0.142 e. The number of allylic oxidation sites excluding steroid dienone is 4. The summed E-state index contributed by atoms with van der Waals surface area (Å²) in [5.41, 5.74) is 3.85. The summed E-state index contributed by atoms with van der Waals surface area (Å²) in [4.78, 5) is 22.5. The van der Waals surface area contributed by atoms with Gasteiger partial charge in [0.05, 0.1) is 0 Å². The van der Waals surface area contributed by atoms with E-state index in [1.165, 1.54) is 0 Å². The average molecular weight is 469 g/mol. The molecule has 180 valence electrons. The van der Waals surface area contributed by atoms with Gasteiger partial charge in [0.15, 0.2) is 0 Å². The monoisotopic (exact) mass is 468 g/mol. The summed E-state index contributed by atoms with van der Waals surface area (Å²) < 4.78 is 0. The van der Waals surface area contributed by atoms with Gasteiger partial charge in [-0.15, -0.1) is 0 Å². The first-order valence-electron chi connectivity index (χ1n) is 12.4. The van der Waals surface area contributed by atoms with Crippen molar-refractivity contribution in [3.8, 4) is 0 Å². The van der Waals surface area contributed by atoms with E-state index in [1.54, 1.807) is 0 Å². The van der Waals surface area contributed by atoms with Gasteiger partial charge in [-0.3, -0.25) is 4.79 Å². The van der Waals surface area contributed by atoms with Crippen molar-refractivity contribution >= 4 is 35.0 Å². The lowest BCUT2D eigenvalue weighted by Gasteiger charge is -2.20. The number of ketones is 1. The van der Waals surface area contributed by atoms with E-state index in [-0.39, 0.29) is 23.2 Å². The molecule has 1 fully saturated rings. The van der Waals surface area contributed by atoms with Crippen molar-refractivity contribution in [3.63, 3.8) is 0 Å². The Labute approximate surface area is 206 Å². The van der Waals surface area contributed by atoms with Crippen LogP contribution >= 0.6 is 11.6 Å². The molecule has 1 aliphatic carbocycles. The van der Waals surface area contributed by atoms with Gasteiger partial charge in [0.2, 0.25) is 0 Å². The zero-order valence-electron chi connectivity index (χ0n) is 21.7. The van der Waals surface area contributed by atoms with Crippen LogP contribution in [0.2, 0.25) is 5.02 Å². The van der Waals surface area contributed by atoms with Crippen molar-refractivity contribution in [1.29, 1.82) is 0 Å². The number of halogens is 1. The van der Waals surface area contributed by atoms with Crippen molar-refractivity contribution in [1.82, 2.24) is 0 Å². The van der Waals surface area contributed by atoms with Gasteiger partial charge in [-0.1, -0.05) is 76.9 Å². The molecule has 0 heterocycles. The van der Waals surface area contributed by atoms with Crippen LogP contribution in [0.4, 0.5) is 0 Å². The molecule has 3 nitrogen and oxygen atoms in total. The van der Waals surface area contributed by atoms with Crippen LogP contribution in [0, 0.1) is 17.3 Å². The molecule has 33 heavy (non-hydrogen) atoms. The lowest BCUT2D eigenvalue weighted by molar-refractivity contribution is -0.128. The molecule has 3 unspecified atom stereocenters. The Kier molecular flexibility index (Phi) is 9.84. The second kappa shape index (κ2) is 11.9. The van der Waals surface area contributed by atoms with Gasteiger partial charge in [-0.25, -0.2) is 9.98 Å². The predicted molar refractivity (Wildman–Crippen MR) is 144 cm³/mol. The highest BCUT2D eigenvalue weighted by molar-refractivity contribution is 6.32. The van der Waals surface area contributed by atoms with Gasteiger partial charge in [0, 0.05) is 34.2 Å². The fraction of sp³-hybridized carbons (Fsp3) is 0.552. The predicted octanol–water partition coefficient (Wildman–Crippen LogP) is 8.68. The number of hydrogen-bond acceptors (Lipinski definition) is 2. The highest BCUT2D eigenvalue weighted by atomic mass is 35.5. The summed E-state index contributed by atoms with van der Waals surface area (Å²) in [5.74, 6) is 1.78. The quantitative estimate of drug-likeness (QED) is 0.250. The Morgan fingerprint density at radius 3 is 2.42 bits per heavy atom. The maximum Gasteiger partial charge on any atom is 0.142 e. The third kappa shape index (κ3) is 6.32. The average Bonchev–Trinajstić information content (AvgIpc) is 3.52.